The van der Waals surface area contributed by atoms with Gasteiger partial charge in [0.2, 0.25) is 5.75 Å². The smallest absolute Gasteiger partial charge is 0.265 e. The van der Waals surface area contributed by atoms with E-state index in [4.69, 9.17) is 9.47 Å². The monoisotopic (exact) mass is 252 g/mol. The fourth-order valence-electron chi connectivity index (χ4n) is 1.50. The van der Waals surface area contributed by atoms with E-state index < -0.39 is 11.2 Å². The van der Waals surface area contributed by atoms with E-state index in [1.165, 1.54) is 18.2 Å². The Morgan fingerprint density at radius 2 is 2.17 bits per heavy atom. The lowest BCUT2D eigenvalue weighted by atomic mass is 10.3. The van der Waals surface area contributed by atoms with Gasteiger partial charge < -0.3 is 9.47 Å². The molecule has 98 valence electrons. The summed E-state index contributed by atoms with van der Waals surface area (Å²) in [5.41, 5.74) is -0.500. The minimum Gasteiger partial charge on any atom is -0.487 e. The Bertz CT molecular complexity index is 469. The lowest BCUT2D eigenvalue weighted by Gasteiger charge is -2.05. The summed E-state index contributed by atoms with van der Waals surface area (Å²) in [6.07, 6.45) is 3.72. The zero-order chi connectivity index (χ0) is 13.0. The molecule has 1 aliphatic rings. The molecule has 1 saturated carbocycles. The Morgan fingerprint density at radius 3 is 2.83 bits per heavy atom. The van der Waals surface area contributed by atoms with Crippen LogP contribution in [0.1, 0.15) is 32.6 Å². The number of halogens is 1. The zero-order valence-electron chi connectivity index (χ0n) is 10.4. The fraction of sp³-hybridized carbons (Fsp3) is 0.500. The van der Waals surface area contributed by atoms with Gasteiger partial charge in [-0.15, -0.1) is 0 Å². The predicted molar refractivity (Wildman–Crippen MR) is 66.7 cm³/mol. The maximum atomic E-state index is 13.7. The van der Waals surface area contributed by atoms with Gasteiger partial charge in [0.1, 0.15) is 0 Å². The molecule has 0 aromatic heterocycles. The Balaban J connectivity index is 2.24. The normalized spacial score (nSPS) is 14.3. The lowest BCUT2D eigenvalue weighted by Crippen LogP contribution is -2.12. The third-order valence-electron chi connectivity index (χ3n) is 2.70. The second kappa shape index (κ2) is 5.85. The van der Waals surface area contributed by atoms with E-state index in [1.807, 2.05) is 6.92 Å². The van der Waals surface area contributed by atoms with Gasteiger partial charge in [0.25, 0.3) is 5.43 Å². The summed E-state index contributed by atoms with van der Waals surface area (Å²) in [7, 11) is 0. The summed E-state index contributed by atoms with van der Waals surface area (Å²) in [5, 5.41) is 0. The highest BCUT2D eigenvalue weighted by molar-refractivity contribution is 5.33. The van der Waals surface area contributed by atoms with Gasteiger partial charge in [0.05, 0.1) is 12.7 Å². The van der Waals surface area contributed by atoms with Crippen LogP contribution in [-0.2, 0) is 0 Å². The minimum atomic E-state index is -0.637. The lowest BCUT2D eigenvalue weighted by molar-refractivity contribution is 0.279. The van der Waals surface area contributed by atoms with Crippen molar-refractivity contribution >= 4 is 0 Å². The van der Waals surface area contributed by atoms with Crippen molar-refractivity contribution in [2.75, 3.05) is 6.61 Å². The molecule has 0 atom stereocenters. The first-order valence-electron chi connectivity index (χ1n) is 6.34. The van der Waals surface area contributed by atoms with Gasteiger partial charge in [-0.05, 0) is 31.4 Å². The van der Waals surface area contributed by atoms with Gasteiger partial charge in [-0.3, -0.25) is 4.79 Å². The molecule has 0 spiro atoms. The van der Waals surface area contributed by atoms with Crippen molar-refractivity contribution in [2.45, 2.75) is 38.7 Å². The van der Waals surface area contributed by atoms with Crippen molar-refractivity contribution in [3.8, 4) is 11.5 Å². The van der Waals surface area contributed by atoms with E-state index in [2.05, 4.69) is 0 Å². The molecular weight excluding hydrogens is 235 g/mol. The van der Waals surface area contributed by atoms with E-state index in [1.54, 1.807) is 0 Å². The molecule has 3 nitrogen and oxygen atoms in total. The van der Waals surface area contributed by atoms with Crippen LogP contribution in [0.25, 0.3) is 0 Å². The number of hydrogen-bond acceptors (Lipinski definition) is 3. The summed E-state index contributed by atoms with van der Waals surface area (Å²) < 4.78 is 24.4. The maximum Gasteiger partial charge on any atom is 0.265 e. The van der Waals surface area contributed by atoms with E-state index in [0.717, 1.165) is 25.7 Å². The molecule has 18 heavy (non-hydrogen) atoms. The molecule has 0 unspecified atom stereocenters. The first-order chi connectivity index (χ1) is 8.72. The van der Waals surface area contributed by atoms with Gasteiger partial charge in [0.15, 0.2) is 11.6 Å². The van der Waals surface area contributed by atoms with Crippen molar-refractivity contribution in [1.29, 1.82) is 0 Å². The van der Waals surface area contributed by atoms with Crippen molar-refractivity contribution in [1.82, 2.24) is 0 Å². The average Bonchev–Trinajstić information content (AvgIpc) is 3.16. The number of unbranched alkanes of at least 4 members (excludes halogenated alkanes) is 1. The molecule has 1 aromatic carbocycles. The number of rotatable bonds is 6. The summed E-state index contributed by atoms with van der Waals surface area (Å²) >= 11 is 0. The fourth-order valence-corrected chi connectivity index (χ4v) is 1.50. The SMILES string of the molecule is CCCCOc1c(F)cccc(OC2CC2)c1=O. The molecule has 0 aliphatic heterocycles. The van der Waals surface area contributed by atoms with Gasteiger partial charge in [-0.25, -0.2) is 4.39 Å². The third kappa shape index (κ3) is 3.22. The molecule has 0 bridgehead atoms. The van der Waals surface area contributed by atoms with Crippen molar-refractivity contribution < 1.29 is 13.9 Å². The average molecular weight is 252 g/mol. The molecule has 2 rings (SSSR count). The van der Waals surface area contributed by atoms with E-state index in [-0.39, 0.29) is 17.6 Å². The van der Waals surface area contributed by atoms with Crippen LogP contribution in [0, 0.1) is 5.82 Å². The molecule has 0 saturated heterocycles. The highest BCUT2D eigenvalue weighted by atomic mass is 19.1. The minimum absolute atomic E-state index is 0.103. The number of hydrogen-bond donors (Lipinski definition) is 0. The molecule has 0 radical (unpaired) electrons. The van der Waals surface area contributed by atoms with Gasteiger partial charge >= 0.3 is 0 Å². The highest BCUT2D eigenvalue weighted by Gasteiger charge is 2.25. The van der Waals surface area contributed by atoms with Crippen LogP contribution >= 0.6 is 0 Å². The van der Waals surface area contributed by atoms with Crippen LogP contribution in [0.5, 0.6) is 11.5 Å². The second-order valence-electron chi connectivity index (χ2n) is 4.42. The largest absolute Gasteiger partial charge is 0.487 e. The second-order valence-corrected chi connectivity index (χ2v) is 4.42. The van der Waals surface area contributed by atoms with Crippen LogP contribution in [0.2, 0.25) is 0 Å². The molecule has 1 aromatic rings. The summed E-state index contributed by atoms with van der Waals surface area (Å²) in [6, 6.07) is 4.19. The van der Waals surface area contributed by atoms with E-state index >= 15 is 0 Å². The molecular formula is C14H17FO3. The van der Waals surface area contributed by atoms with Crippen molar-refractivity contribution in [2.24, 2.45) is 0 Å². The summed E-state index contributed by atoms with van der Waals surface area (Å²) in [6.45, 7) is 2.35. The van der Waals surface area contributed by atoms with Crippen molar-refractivity contribution in [3.63, 3.8) is 0 Å². The Hall–Kier alpha value is -1.58. The Morgan fingerprint density at radius 1 is 1.39 bits per heavy atom. The first-order valence-corrected chi connectivity index (χ1v) is 6.34. The van der Waals surface area contributed by atoms with Crippen LogP contribution in [0.4, 0.5) is 4.39 Å². The number of ether oxygens (including phenoxy) is 2. The third-order valence-corrected chi connectivity index (χ3v) is 2.70. The molecule has 4 heteroatoms. The van der Waals surface area contributed by atoms with Crippen LogP contribution in [0.3, 0.4) is 0 Å². The van der Waals surface area contributed by atoms with Gasteiger partial charge in [-0.2, -0.15) is 0 Å². The molecule has 0 N–H and O–H groups in total. The molecule has 1 aliphatic carbocycles. The molecule has 0 heterocycles. The molecule has 1 fully saturated rings. The van der Waals surface area contributed by atoms with Crippen LogP contribution < -0.4 is 14.9 Å². The Labute approximate surface area is 106 Å². The zero-order valence-corrected chi connectivity index (χ0v) is 10.4. The highest BCUT2D eigenvalue weighted by Crippen LogP contribution is 2.25. The summed E-state index contributed by atoms with van der Waals surface area (Å²) in [4.78, 5) is 12.1. The maximum absolute atomic E-state index is 13.7. The summed E-state index contributed by atoms with van der Waals surface area (Å²) in [5.74, 6) is -0.696. The van der Waals surface area contributed by atoms with Crippen LogP contribution in [-0.4, -0.2) is 12.7 Å². The van der Waals surface area contributed by atoms with E-state index in [9.17, 15) is 9.18 Å². The van der Waals surface area contributed by atoms with Crippen molar-refractivity contribution in [3.05, 3.63) is 34.2 Å². The van der Waals surface area contributed by atoms with Gasteiger partial charge in [0, 0.05) is 0 Å². The van der Waals surface area contributed by atoms with Gasteiger partial charge in [-0.1, -0.05) is 19.4 Å². The predicted octanol–water partition coefficient (Wildman–Crippen LogP) is 2.91. The molecule has 0 amide bonds. The van der Waals surface area contributed by atoms with E-state index in [0.29, 0.717) is 6.61 Å². The topological polar surface area (TPSA) is 35.5 Å². The first kappa shape index (κ1) is 12.9. The quantitative estimate of drug-likeness (QED) is 0.730. The Kier molecular flexibility index (Phi) is 4.18. The standard InChI is InChI=1S/C14H17FO3/c1-2-3-9-17-14-11(15)5-4-6-12(13(14)16)18-10-7-8-10/h4-6,10H,2-3,7-9H2,1H3. The van der Waals surface area contributed by atoms with Crippen LogP contribution in [0.15, 0.2) is 23.0 Å².